The van der Waals surface area contributed by atoms with Gasteiger partial charge in [-0.15, -0.1) is 0 Å². The fraction of sp³-hybridized carbons (Fsp3) is 0.200. The molecule has 0 amide bonds. The number of rotatable bonds is 2. The van der Waals surface area contributed by atoms with Gasteiger partial charge in [-0.25, -0.2) is 18.6 Å². The van der Waals surface area contributed by atoms with Crippen LogP contribution in [0.3, 0.4) is 0 Å². The summed E-state index contributed by atoms with van der Waals surface area (Å²) in [6, 6.07) is 4.29. The molecule has 0 aliphatic heterocycles. The van der Waals surface area contributed by atoms with E-state index in [1.54, 1.807) is 6.07 Å². The van der Waals surface area contributed by atoms with Crippen LogP contribution >= 0.6 is 0 Å². The van der Waals surface area contributed by atoms with Crippen molar-refractivity contribution in [2.75, 3.05) is 7.11 Å². The Morgan fingerprint density at radius 1 is 1.50 bits per heavy atom. The van der Waals surface area contributed by atoms with E-state index in [-0.39, 0.29) is 16.9 Å². The first-order chi connectivity index (χ1) is 7.63. The van der Waals surface area contributed by atoms with Crippen molar-refractivity contribution in [3.63, 3.8) is 0 Å². The van der Waals surface area contributed by atoms with Gasteiger partial charge in [0.15, 0.2) is 0 Å². The first kappa shape index (κ1) is 10.5. The summed E-state index contributed by atoms with van der Waals surface area (Å²) in [5.41, 5.74) is 0.302. The topological polar surface area (TPSA) is 55.0 Å². The lowest BCUT2D eigenvalue weighted by Gasteiger charge is -1.99. The van der Waals surface area contributed by atoms with Crippen LogP contribution in [0.5, 0.6) is 0 Å². The number of aromatic amines is 1. The molecule has 4 nitrogen and oxygen atoms in total. The van der Waals surface area contributed by atoms with Gasteiger partial charge in [-0.1, -0.05) is 12.1 Å². The second-order valence-electron chi connectivity index (χ2n) is 3.12. The number of carbonyl (C=O) groups is 1. The molecule has 0 aliphatic carbocycles. The molecule has 2 rings (SSSR count). The van der Waals surface area contributed by atoms with Gasteiger partial charge in [0.25, 0.3) is 6.43 Å². The van der Waals surface area contributed by atoms with Gasteiger partial charge >= 0.3 is 5.97 Å². The van der Waals surface area contributed by atoms with Crippen molar-refractivity contribution in [3.05, 3.63) is 29.6 Å². The van der Waals surface area contributed by atoms with E-state index in [1.807, 2.05) is 0 Å². The highest BCUT2D eigenvalue weighted by atomic mass is 19.3. The van der Waals surface area contributed by atoms with Crippen LogP contribution in [0, 0.1) is 0 Å². The Balaban J connectivity index is 2.61. The predicted molar refractivity (Wildman–Crippen MR) is 52.4 cm³/mol. The van der Waals surface area contributed by atoms with Crippen LogP contribution in [0.4, 0.5) is 8.78 Å². The number of benzene rings is 1. The molecule has 1 aromatic carbocycles. The van der Waals surface area contributed by atoms with Crippen LogP contribution in [0.2, 0.25) is 0 Å². The monoisotopic (exact) mass is 226 g/mol. The summed E-state index contributed by atoms with van der Waals surface area (Å²) in [6.45, 7) is 0. The number of alkyl halides is 2. The minimum atomic E-state index is -2.62. The Kier molecular flexibility index (Phi) is 2.55. The number of H-pyrrole nitrogens is 1. The molecular weight excluding hydrogens is 218 g/mol. The van der Waals surface area contributed by atoms with Gasteiger partial charge in [-0.05, 0) is 6.07 Å². The summed E-state index contributed by atoms with van der Waals surface area (Å²) < 4.78 is 29.7. The second kappa shape index (κ2) is 3.88. The van der Waals surface area contributed by atoms with Crippen LogP contribution in [-0.2, 0) is 4.74 Å². The van der Waals surface area contributed by atoms with Crippen LogP contribution in [0.25, 0.3) is 11.0 Å². The Labute approximate surface area is 89.2 Å². The molecule has 1 N–H and O–H groups in total. The third-order valence-electron chi connectivity index (χ3n) is 2.16. The molecule has 0 saturated heterocycles. The Bertz CT molecular complexity index is 537. The SMILES string of the molecule is COC(=O)c1nc2cccc(C(F)F)c2[nH]1. The molecule has 0 unspecified atom stereocenters. The quantitative estimate of drug-likeness (QED) is 0.799. The molecule has 0 aliphatic rings. The fourth-order valence-corrected chi connectivity index (χ4v) is 1.43. The first-order valence-electron chi connectivity index (χ1n) is 4.48. The van der Waals surface area contributed by atoms with E-state index in [9.17, 15) is 13.6 Å². The van der Waals surface area contributed by atoms with Crippen molar-refractivity contribution in [3.8, 4) is 0 Å². The molecule has 0 spiro atoms. The van der Waals surface area contributed by atoms with Gasteiger partial charge in [0.05, 0.1) is 18.1 Å². The minimum absolute atomic E-state index is 0.0781. The van der Waals surface area contributed by atoms with E-state index in [2.05, 4.69) is 14.7 Å². The normalized spacial score (nSPS) is 11.0. The number of hydrogen-bond acceptors (Lipinski definition) is 3. The Morgan fingerprint density at radius 3 is 2.88 bits per heavy atom. The van der Waals surface area contributed by atoms with Crippen molar-refractivity contribution in [2.24, 2.45) is 0 Å². The number of methoxy groups -OCH3 is 1. The highest BCUT2D eigenvalue weighted by Crippen LogP contribution is 2.26. The molecule has 6 heteroatoms. The van der Waals surface area contributed by atoms with Gasteiger partial charge < -0.3 is 9.72 Å². The van der Waals surface area contributed by atoms with E-state index in [1.165, 1.54) is 19.2 Å². The molecule has 1 aromatic heterocycles. The molecule has 0 bridgehead atoms. The molecular formula is C10H8F2N2O2. The van der Waals surface area contributed by atoms with Crippen molar-refractivity contribution in [2.45, 2.75) is 6.43 Å². The molecule has 2 aromatic rings. The lowest BCUT2D eigenvalue weighted by molar-refractivity contribution is 0.0588. The van der Waals surface area contributed by atoms with Gasteiger partial charge in [-0.2, -0.15) is 0 Å². The van der Waals surface area contributed by atoms with Gasteiger partial charge in [0.1, 0.15) is 0 Å². The summed E-state index contributed by atoms with van der Waals surface area (Å²) in [5, 5.41) is 0. The zero-order chi connectivity index (χ0) is 11.7. The largest absolute Gasteiger partial charge is 0.463 e. The number of nitrogens with zero attached hydrogens (tertiary/aromatic N) is 1. The van der Waals surface area contributed by atoms with Crippen molar-refractivity contribution in [1.29, 1.82) is 0 Å². The molecule has 84 valence electrons. The second-order valence-corrected chi connectivity index (χ2v) is 3.12. The summed E-state index contributed by atoms with van der Waals surface area (Å²) in [7, 11) is 1.20. The third kappa shape index (κ3) is 1.62. The Morgan fingerprint density at radius 2 is 2.25 bits per heavy atom. The van der Waals surface area contributed by atoms with Gasteiger partial charge in [0, 0.05) is 5.56 Å². The number of halogens is 2. The number of aromatic nitrogens is 2. The van der Waals surface area contributed by atoms with Crippen LogP contribution < -0.4 is 0 Å². The minimum Gasteiger partial charge on any atom is -0.463 e. The fourth-order valence-electron chi connectivity index (χ4n) is 1.43. The standard InChI is InChI=1S/C10H8F2N2O2/c1-16-10(15)9-13-6-4-2-3-5(8(11)12)7(6)14-9/h2-4,8H,1H3,(H,13,14). The van der Waals surface area contributed by atoms with E-state index >= 15 is 0 Å². The summed E-state index contributed by atoms with van der Waals surface area (Å²) in [4.78, 5) is 17.6. The average molecular weight is 226 g/mol. The van der Waals surface area contributed by atoms with Crippen molar-refractivity contribution in [1.82, 2.24) is 9.97 Å². The molecule has 0 fully saturated rings. The Hall–Kier alpha value is -1.98. The number of esters is 1. The number of fused-ring (bicyclic) bond motifs is 1. The average Bonchev–Trinajstić information content (AvgIpc) is 2.70. The lowest BCUT2D eigenvalue weighted by atomic mass is 10.2. The maximum atomic E-state index is 12.6. The maximum Gasteiger partial charge on any atom is 0.374 e. The van der Waals surface area contributed by atoms with Crippen molar-refractivity contribution >= 4 is 17.0 Å². The summed E-state index contributed by atoms with van der Waals surface area (Å²) in [6.07, 6.45) is -2.62. The van der Waals surface area contributed by atoms with Crippen LogP contribution in [0.15, 0.2) is 18.2 Å². The number of carbonyl (C=O) groups excluding carboxylic acids is 1. The number of para-hydroxylation sites is 1. The molecule has 0 saturated carbocycles. The van der Waals surface area contributed by atoms with E-state index < -0.39 is 12.4 Å². The van der Waals surface area contributed by atoms with E-state index in [0.29, 0.717) is 5.52 Å². The molecule has 0 atom stereocenters. The predicted octanol–water partition coefficient (Wildman–Crippen LogP) is 2.29. The highest BCUT2D eigenvalue weighted by Gasteiger charge is 2.17. The number of imidazole rings is 1. The van der Waals surface area contributed by atoms with Crippen LogP contribution in [-0.4, -0.2) is 23.0 Å². The van der Waals surface area contributed by atoms with Gasteiger partial charge in [0.2, 0.25) is 5.82 Å². The molecule has 16 heavy (non-hydrogen) atoms. The molecule has 1 heterocycles. The maximum absolute atomic E-state index is 12.6. The molecule has 0 radical (unpaired) electrons. The summed E-state index contributed by atoms with van der Waals surface area (Å²) in [5.74, 6) is -0.762. The van der Waals surface area contributed by atoms with Gasteiger partial charge in [-0.3, -0.25) is 0 Å². The van der Waals surface area contributed by atoms with Crippen LogP contribution in [0.1, 0.15) is 22.6 Å². The zero-order valence-electron chi connectivity index (χ0n) is 8.33. The number of nitrogens with one attached hydrogen (secondary N) is 1. The number of ether oxygens (including phenoxy) is 1. The first-order valence-corrected chi connectivity index (χ1v) is 4.48. The smallest absolute Gasteiger partial charge is 0.374 e. The van der Waals surface area contributed by atoms with E-state index in [4.69, 9.17) is 0 Å². The highest BCUT2D eigenvalue weighted by molar-refractivity contribution is 5.91. The third-order valence-corrected chi connectivity index (χ3v) is 2.16. The lowest BCUT2D eigenvalue weighted by Crippen LogP contribution is -2.03. The zero-order valence-corrected chi connectivity index (χ0v) is 8.33. The van der Waals surface area contributed by atoms with Crippen molar-refractivity contribution < 1.29 is 18.3 Å². The summed E-state index contributed by atoms with van der Waals surface area (Å²) >= 11 is 0. The van der Waals surface area contributed by atoms with E-state index in [0.717, 1.165) is 0 Å². The number of hydrogen-bond donors (Lipinski definition) is 1.